The number of methoxy groups -OCH3 is 2. The third-order valence-corrected chi connectivity index (χ3v) is 8.33. The standard InChI is InChI=1S/C31H40N2O6/c1-8-38-28(35)18-32-11-12-39-29-23(30(3,4)5)13-20(14-24(29)32)25(34)17-33-19(2)21-15-26(36-6)27(37-7)16-22(21)31(33)9-10-31/h13-16,19H,8-12,17-18H2,1-7H3. The Labute approximate surface area is 231 Å². The van der Waals surface area contributed by atoms with Crippen molar-refractivity contribution in [2.75, 3.05) is 52.0 Å². The van der Waals surface area contributed by atoms with E-state index < -0.39 is 0 Å². The van der Waals surface area contributed by atoms with Crippen molar-refractivity contribution in [3.63, 3.8) is 0 Å². The average molecular weight is 537 g/mol. The first-order valence-corrected chi connectivity index (χ1v) is 13.8. The van der Waals surface area contributed by atoms with Gasteiger partial charge in [0.25, 0.3) is 0 Å². The number of hydrogen-bond acceptors (Lipinski definition) is 8. The smallest absolute Gasteiger partial charge is 0.325 e. The van der Waals surface area contributed by atoms with E-state index in [9.17, 15) is 9.59 Å². The number of benzene rings is 2. The molecular formula is C31H40N2O6. The maximum Gasteiger partial charge on any atom is 0.325 e. The Morgan fingerprint density at radius 1 is 1.05 bits per heavy atom. The van der Waals surface area contributed by atoms with Gasteiger partial charge < -0.3 is 23.8 Å². The van der Waals surface area contributed by atoms with Gasteiger partial charge in [-0.15, -0.1) is 0 Å². The molecule has 0 aromatic heterocycles. The third kappa shape index (κ3) is 4.73. The Hall–Kier alpha value is -3.26. The number of Topliss-reactive ketones (excluding diaryl/α,β-unsaturated/α-hetero) is 1. The van der Waals surface area contributed by atoms with Gasteiger partial charge in [0.1, 0.15) is 18.9 Å². The van der Waals surface area contributed by atoms with E-state index in [-0.39, 0.29) is 35.3 Å². The summed E-state index contributed by atoms with van der Waals surface area (Å²) in [4.78, 5) is 30.7. The van der Waals surface area contributed by atoms with Crippen LogP contribution in [-0.4, -0.2) is 63.7 Å². The Balaban J connectivity index is 1.49. The lowest BCUT2D eigenvalue weighted by Gasteiger charge is -2.35. The van der Waals surface area contributed by atoms with Crippen molar-refractivity contribution < 1.29 is 28.5 Å². The minimum atomic E-state index is -0.287. The first-order valence-electron chi connectivity index (χ1n) is 13.8. The predicted octanol–water partition coefficient (Wildman–Crippen LogP) is 5.01. The molecule has 8 nitrogen and oxygen atoms in total. The van der Waals surface area contributed by atoms with E-state index in [1.165, 1.54) is 11.1 Å². The molecule has 2 heterocycles. The summed E-state index contributed by atoms with van der Waals surface area (Å²) in [6, 6.07) is 8.09. The molecule has 210 valence electrons. The fraction of sp³-hybridized carbons (Fsp3) is 0.548. The van der Waals surface area contributed by atoms with E-state index in [0.717, 1.165) is 29.8 Å². The maximum atomic E-state index is 14.0. The summed E-state index contributed by atoms with van der Waals surface area (Å²) in [7, 11) is 3.30. The lowest BCUT2D eigenvalue weighted by molar-refractivity contribution is -0.141. The van der Waals surface area contributed by atoms with Crippen molar-refractivity contribution in [1.82, 2.24) is 4.90 Å². The minimum Gasteiger partial charge on any atom is -0.493 e. The van der Waals surface area contributed by atoms with Crippen LogP contribution in [0.25, 0.3) is 0 Å². The molecule has 0 amide bonds. The Morgan fingerprint density at radius 2 is 1.74 bits per heavy atom. The van der Waals surface area contributed by atoms with Crippen molar-refractivity contribution in [1.29, 1.82) is 0 Å². The molecule has 0 bridgehead atoms. The molecule has 2 aliphatic heterocycles. The number of anilines is 1. The number of rotatable bonds is 8. The molecule has 0 N–H and O–H groups in total. The number of carbonyl (C=O) groups is 2. The Morgan fingerprint density at radius 3 is 2.36 bits per heavy atom. The summed E-state index contributed by atoms with van der Waals surface area (Å²) < 4.78 is 22.5. The lowest BCUT2D eigenvalue weighted by Crippen LogP contribution is -2.39. The van der Waals surface area contributed by atoms with Gasteiger partial charge >= 0.3 is 5.97 Å². The zero-order valence-electron chi connectivity index (χ0n) is 24.2. The molecular weight excluding hydrogens is 496 g/mol. The molecule has 2 aromatic carbocycles. The van der Waals surface area contributed by atoms with Crippen LogP contribution in [0.3, 0.4) is 0 Å². The highest BCUT2D eigenvalue weighted by Gasteiger charge is 2.57. The van der Waals surface area contributed by atoms with Crippen LogP contribution < -0.4 is 19.1 Å². The first kappa shape index (κ1) is 27.3. The molecule has 2 aromatic rings. The second-order valence-corrected chi connectivity index (χ2v) is 11.8. The van der Waals surface area contributed by atoms with E-state index in [4.69, 9.17) is 18.9 Å². The molecule has 1 saturated carbocycles. The lowest BCUT2D eigenvalue weighted by atomic mass is 9.84. The summed E-state index contributed by atoms with van der Waals surface area (Å²) in [6.07, 6.45) is 2.01. The van der Waals surface area contributed by atoms with Gasteiger partial charge in [0.15, 0.2) is 17.3 Å². The van der Waals surface area contributed by atoms with Gasteiger partial charge in [0.05, 0.1) is 39.6 Å². The average Bonchev–Trinajstić information content (AvgIpc) is 3.67. The van der Waals surface area contributed by atoms with E-state index in [1.807, 2.05) is 17.0 Å². The zero-order chi connectivity index (χ0) is 28.1. The van der Waals surface area contributed by atoms with Crippen LogP contribution in [0.15, 0.2) is 24.3 Å². The van der Waals surface area contributed by atoms with Crippen molar-refractivity contribution in [2.24, 2.45) is 0 Å². The number of esters is 1. The summed E-state index contributed by atoms with van der Waals surface area (Å²) in [5.41, 5.74) is 4.39. The molecule has 5 rings (SSSR count). The second-order valence-electron chi connectivity index (χ2n) is 11.8. The van der Waals surface area contributed by atoms with Gasteiger partial charge in [0.2, 0.25) is 0 Å². The fourth-order valence-electron chi connectivity index (χ4n) is 6.17. The van der Waals surface area contributed by atoms with Crippen molar-refractivity contribution in [3.05, 3.63) is 46.5 Å². The van der Waals surface area contributed by atoms with Crippen LogP contribution in [0, 0.1) is 0 Å². The predicted molar refractivity (Wildman–Crippen MR) is 149 cm³/mol. The third-order valence-electron chi connectivity index (χ3n) is 8.33. The molecule has 8 heteroatoms. The van der Waals surface area contributed by atoms with Crippen LogP contribution in [0.5, 0.6) is 17.2 Å². The Kier molecular flexibility index (Phi) is 7.04. The number of hydrogen-bond donors (Lipinski definition) is 0. The van der Waals surface area contributed by atoms with Gasteiger partial charge in [-0.2, -0.15) is 0 Å². The monoisotopic (exact) mass is 536 g/mol. The Bertz CT molecular complexity index is 1290. The highest BCUT2D eigenvalue weighted by molar-refractivity contribution is 6.00. The van der Waals surface area contributed by atoms with Crippen LogP contribution in [0.4, 0.5) is 5.69 Å². The summed E-state index contributed by atoms with van der Waals surface area (Å²) in [5.74, 6) is 1.93. The van der Waals surface area contributed by atoms with Gasteiger partial charge in [-0.25, -0.2) is 0 Å². The molecule has 0 saturated heterocycles. The van der Waals surface area contributed by atoms with Gasteiger partial charge in [0, 0.05) is 22.7 Å². The van der Waals surface area contributed by atoms with Gasteiger partial charge in [-0.3, -0.25) is 14.5 Å². The van der Waals surface area contributed by atoms with Crippen molar-refractivity contribution in [2.45, 2.75) is 64.5 Å². The number of ether oxygens (including phenoxy) is 4. The first-order chi connectivity index (χ1) is 18.5. The molecule has 1 unspecified atom stereocenters. The van der Waals surface area contributed by atoms with Crippen LogP contribution in [0.1, 0.15) is 80.6 Å². The van der Waals surface area contributed by atoms with Crippen LogP contribution in [0.2, 0.25) is 0 Å². The second kappa shape index (κ2) is 10.0. The van der Waals surface area contributed by atoms with E-state index >= 15 is 0 Å². The minimum absolute atomic E-state index is 0.0508. The highest BCUT2D eigenvalue weighted by atomic mass is 16.5. The van der Waals surface area contributed by atoms with Crippen LogP contribution >= 0.6 is 0 Å². The van der Waals surface area contributed by atoms with E-state index in [1.54, 1.807) is 21.1 Å². The molecule has 3 aliphatic rings. The SMILES string of the molecule is CCOC(=O)CN1CCOc2c1cc(C(=O)CN1C(C)c3cc(OC)c(OC)cc3C13CC3)cc2C(C)(C)C. The normalized spacial score (nSPS) is 19.3. The highest BCUT2D eigenvalue weighted by Crippen LogP contribution is 2.61. The van der Waals surface area contributed by atoms with E-state index in [2.05, 4.69) is 44.7 Å². The number of fused-ring (bicyclic) bond motifs is 3. The molecule has 39 heavy (non-hydrogen) atoms. The quantitative estimate of drug-likeness (QED) is 0.344. The maximum absolute atomic E-state index is 14.0. The summed E-state index contributed by atoms with van der Waals surface area (Å²) in [6.45, 7) is 12.1. The number of nitrogens with zero attached hydrogens (tertiary/aromatic N) is 2. The zero-order valence-corrected chi connectivity index (χ0v) is 24.2. The van der Waals surface area contributed by atoms with E-state index in [0.29, 0.717) is 43.4 Å². The van der Waals surface area contributed by atoms with Crippen LogP contribution in [-0.2, 0) is 20.5 Å². The molecule has 1 atom stereocenters. The number of ketones is 1. The topological polar surface area (TPSA) is 77.5 Å². The van der Waals surface area contributed by atoms with Gasteiger partial charge in [-0.1, -0.05) is 20.8 Å². The molecule has 0 radical (unpaired) electrons. The van der Waals surface area contributed by atoms with Gasteiger partial charge in [-0.05, 0) is 67.5 Å². The largest absolute Gasteiger partial charge is 0.493 e. The van der Waals surface area contributed by atoms with Crippen molar-refractivity contribution in [3.8, 4) is 17.2 Å². The summed E-state index contributed by atoms with van der Waals surface area (Å²) >= 11 is 0. The molecule has 1 fully saturated rings. The number of carbonyl (C=O) groups excluding carboxylic acids is 2. The molecule has 1 aliphatic carbocycles. The summed E-state index contributed by atoms with van der Waals surface area (Å²) in [5, 5.41) is 0. The fourth-order valence-corrected chi connectivity index (χ4v) is 6.17. The molecule has 1 spiro atoms. The van der Waals surface area contributed by atoms with Crippen molar-refractivity contribution >= 4 is 17.4 Å².